The molecule has 0 saturated carbocycles. The molecule has 0 aromatic heterocycles. The first kappa shape index (κ1) is 41.1. The zero-order valence-corrected chi connectivity index (χ0v) is 30.8. The van der Waals surface area contributed by atoms with Crippen molar-refractivity contribution in [3.63, 3.8) is 0 Å². The highest BCUT2D eigenvalue weighted by Crippen LogP contribution is 2.38. The van der Waals surface area contributed by atoms with Crippen molar-refractivity contribution in [2.24, 2.45) is 0 Å². The second-order valence-corrected chi connectivity index (χ2v) is 12.6. The van der Waals surface area contributed by atoms with Crippen LogP contribution in [0.25, 0.3) is 6.08 Å². The number of non-ortho nitro benzene ring substituents is 2. The van der Waals surface area contributed by atoms with Gasteiger partial charge in [0.1, 0.15) is 23.1 Å². The number of methoxy groups -OCH3 is 2. The molecule has 0 amide bonds. The van der Waals surface area contributed by atoms with Gasteiger partial charge < -0.3 is 28.3 Å². The zero-order chi connectivity index (χ0) is 38.8. The summed E-state index contributed by atoms with van der Waals surface area (Å²) in [5, 5.41) is 21.1. The van der Waals surface area contributed by atoms with Crippen LogP contribution in [0, 0.1) is 31.9 Å². The van der Waals surface area contributed by atoms with Crippen molar-refractivity contribution in [2.45, 2.75) is 38.9 Å². The molecule has 1 heterocycles. The standard InChI is InChI=1S/C15H12FNO4.C13H9BrFNO4.C8H15BO2/c1-3-10-8-14(20-2)15(9-13(10)16)21-12-6-4-11(5-7-12)17(18)19;1-19-12-6-10(14)11(15)7-13(12)20-9-4-2-8(3-5-9)16(17)18;1-6-9-10-7(2,3)8(4,5)11-9/h3-9H,1H2,2H3;2-7H,1H3;6H,1H2,2-5H3. The van der Waals surface area contributed by atoms with Gasteiger partial charge in [-0.25, -0.2) is 8.78 Å². The Bertz CT molecular complexity index is 1890. The van der Waals surface area contributed by atoms with Crippen LogP contribution in [0.5, 0.6) is 34.5 Å². The topological polar surface area (TPSA) is 142 Å². The second-order valence-electron chi connectivity index (χ2n) is 11.7. The van der Waals surface area contributed by atoms with Gasteiger partial charge in [-0.05, 0) is 74.0 Å². The van der Waals surface area contributed by atoms with Gasteiger partial charge >= 0.3 is 7.12 Å². The molecule has 4 aromatic rings. The molecular weight excluding hydrogens is 749 g/mol. The molecule has 0 spiro atoms. The van der Waals surface area contributed by atoms with Crippen molar-refractivity contribution in [3.05, 3.63) is 134 Å². The highest BCUT2D eigenvalue weighted by atomic mass is 79.9. The van der Waals surface area contributed by atoms with Gasteiger partial charge in [-0.15, -0.1) is 6.58 Å². The van der Waals surface area contributed by atoms with Crippen molar-refractivity contribution >= 4 is 40.5 Å². The first-order valence-electron chi connectivity index (χ1n) is 15.3. The molecule has 1 fully saturated rings. The maximum atomic E-state index is 13.7. The fraction of sp³-hybridized carbons (Fsp3) is 0.222. The van der Waals surface area contributed by atoms with E-state index in [9.17, 15) is 29.0 Å². The third kappa shape index (κ3) is 10.6. The van der Waals surface area contributed by atoms with Crippen LogP contribution in [0.1, 0.15) is 33.3 Å². The fourth-order valence-electron chi connectivity index (χ4n) is 4.21. The van der Waals surface area contributed by atoms with Crippen molar-refractivity contribution in [1.29, 1.82) is 0 Å². The molecule has 1 saturated heterocycles. The van der Waals surface area contributed by atoms with E-state index < -0.39 is 21.5 Å². The number of ether oxygens (including phenoxy) is 4. The van der Waals surface area contributed by atoms with E-state index in [1.54, 1.807) is 5.98 Å². The summed E-state index contributed by atoms with van der Waals surface area (Å²) < 4.78 is 59.8. The second kappa shape index (κ2) is 17.8. The number of hydrogen-bond donors (Lipinski definition) is 0. The number of hydrogen-bond acceptors (Lipinski definition) is 10. The van der Waals surface area contributed by atoms with Crippen LogP contribution >= 0.6 is 15.9 Å². The molecule has 1 aliphatic heterocycles. The summed E-state index contributed by atoms with van der Waals surface area (Å²) in [6.07, 6.45) is 1.37. The molecule has 16 heteroatoms. The van der Waals surface area contributed by atoms with E-state index in [0.717, 1.165) is 0 Å². The molecule has 274 valence electrons. The van der Waals surface area contributed by atoms with Crippen LogP contribution in [0.3, 0.4) is 0 Å². The third-order valence-electron chi connectivity index (χ3n) is 7.72. The van der Waals surface area contributed by atoms with Crippen LogP contribution in [0.15, 0.2) is 96.4 Å². The van der Waals surface area contributed by atoms with Gasteiger partial charge in [-0.2, -0.15) is 0 Å². The highest BCUT2D eigenvalue weighted by molar-refractivity contribution is 9.10. The highest BCUT2D eigenvalue weighted by Gasteiger charge is 2.49. The Morgan fingerprint density at radius 3 is 1.46 bits per heavy atom. The lowest BCUT2D eigenvalue weighted by Crippen LogP contribution is -2.41. The number of nitrogens with zero attached hydrogens (tertiary/aromatic N) is 2. The zero-order valence-electron chi connectivity index (χ0n) is 29.2. The Morgan fingerprint density at radius 2 is 1.12 bits per heavy atom. The largest absolute Gasteiger partial charge is 0.493 e. The minimum Gasteiger partial charge on any atom is -0.493 e. The van der Waals surface area contributed by atoms with Crippen LogP contribution in [-0.2, 0) is 9.31 Å². The lowest BCUT2D eigenvalue weighted by atomic mass is 9.90. The van der Waals surface area contributed by atoms with Crippen LogP contribution in [-0.4, -0.2) is 42.4 Å². The molecule has 0 atom stereocenters. The summed E-state index contributed by atoms with van der Waals surface area (Å²) in [6, 6.07) is 16.2. The minimum absolute atomic E-state index is 0.0497. The first-order valence-corrected chi connectivity index (χ1v) is 16.1. The quantitative estimate of drug-likeness (QED) is 0.0866. The molecule has 5 rings (SSSR count). The number of halogens is 3. The molecule has 1 aliphatic rings. The normalized spacial score (nSPS) is 13.7. The van der Waals surface area contributed by atoms with E-state index in [2.05, 4.69) is 29.1 Å². The summed E-state index contributed by atoms with van der Waals surface area (Å²) in [4.78, 5) is 20.1. The van der Waals surface area contributed by atoms with Crippen LogP contribution in [0.2, 0.25) is 0 Å². The minimum atomic E-state index is -0.511. The molecule has 12 nitrogen and oxygen atoms in total. The molecule has 4 aromatic carbocycles. The van der Waals surface area contributed by atoms with E-state index in [1.807, 2.05) is 27.7 Å². The van der Waals surface area contributed by atoms with Gasteiger partial charge in [-0.1, -0.05) is 18.6 Å². The van der Waals surface area contributed by atoms with Gasteiger partial charge in [0.15, 0.2) is 23.0 Å². The predicted octanol–water partition coefficient (Wildman–Crippen LogP) is 10.3. The number of nitro groups is 2. The summed E-state index contributed by atoms with van der Waals surface area (Å²) in [7, 11) is 2.62. The molecule has 52 heavy (non-hydrogen) atoms. The maximum Gasteiger partial charge on any atom is 0.486 e. The number of rotatable bonds is 10. The molecule has 0 aliphatic carbocycles. The fourth-order valence-corrected chi connectivity index (χ4v) is 4.53. The van der Waals surface area contributed by atoms with Crippen LogP contribution < -0.4 is 18.9 Å². The van der Waals surface area contributed by atoms with Gasteiger partial charge in [0, 0.05) is 48.0 Å². The Kier molecular flexibility index (Phi) is 14.0. The molecule has 0 radical (unpaired) electrons. The Balaban J connectivity index is 0.000000221. The molecule has 0 bridgehead atoms. The lowest BCUT2D eigenvalue weighted by molar-refractivity contribution is -0.385. The Morgan fingerprint density at radius 1 is 0.712 bits per heavy atom. The van der Waals surface area contributed by atoms with Gasteiger partial charge in [0.25, 0.3) is 11.4 Å². The van der Waals surface area contributed by atoms with Crippen molar-refractivity contribution in [3.8, 4) is 34.5 Å². The molecule has 0 unspecified atom stereocenters. The summed E-state index contributed by atoms with van der Waals surface area (Å²) >= 11 is 3.05. The van der Waals surface area contributed by atoms with E-state index in [0.29, 0.717) is 28.6 Å². The van der Waals surface area contributed by atoms with E-state index in [1.165, 1.54) is 93.1 Å². The van der Waals surface area contributed by atoms with Gasteiger partial charge in [0.05, 0.1) is 39.7 Å². The summed E-state index contributed by atoms with van der Waals surface area (Å²) in [6.45, 7) is 15.2. The smallest absolute Gasteiger partial charge is 0.486 e. The third-order valence-corrected chi connectivity index (χ3v) is 8.33. The van der Waals surface area contributed by atoms with Gasteiger partial charge in [0.2, 0.25) is 0 Å². The first-order chi connectivity index (χ1) is 24.4. The average Bonchev–Trinajstić information content (AvgIpc) is 3.32. The van der Waals surface area contributed by atoms with Crippen molar-refractivity contribution in [1.82, 2.24) is 0 Å². The van der Waals surface area contributed by atoms with E-state index in [-0.39, 0.29) is 45.7 Å². The molecular formula is C36H36BBrF2N2O10. The van der Waals surface area contributed by atoms with E-state index in [4.69, 9.17) is 28.3 Å². The Labute approximate surface area is 308 Å². The van der Waals surface area contributed by atoms with Gasteiger partial charge in [-0.3, -0.25) is 20.2 Å². The SMILES string of the molecule is C=CB1OC(C)(C)C(C)(C)O1.C=Cc1cc(OC)c(Oc2ccc([N+](=O)[O-])cc2)cc1F.COc1cc(Br)c(F)cc1Oc1ccc([N+](=O)[O-])cc1. The predicted molar refractivity (Wildman–Crippen MR) is 196 cm³/mol. The number of benzene rings is 4. The Hall–Kier alpha value is -5.32. The monoisotopic (exact) mass is 784 g/mol. The summed E-state index contributed by atoms with van der Waals surface area (Å²) in [5.74, 6) is 2.40. The lowest BCUT2D eigenvalue weighted by Gasteiger charge is -2.32. The maximum absolute atomic E-state index is 13.7. The van der Waals surface area contributed by atoms with Crippen molar-refractivity contribution in [2.75, 3.05) is 14.2 Å². The van der Waals surface area contributed by atoms with E-state index >= 15 is 0 Å². The number of nitro benzene ring substituents is 2. The average molecular weight is 785 g/mol. The van der Waals surface area contributed by atoms with Crippen molar-refractivity contribution < 1.29 is 46.9 Å². The van der Waals surface area contributed by atoms with Crippen LogP contribution in [0.4, 0.5) is 20.2 Å². The molecule has 0 N–H and O–H groups in total. The summed E-state index contributed by atoms with van der Waals surface area (Å²) in [5.41, 5.74) is -0.269.